The number of benzene rings is 2. The van der Waals surface area contributed by atoms with Gasteiger partial charge in [0.15, 0.2) is 0 Å². The Labute approximate surface area is 159 Å². The first-order valence-electron chi connectivity index (χ1n) is 8.17. The highest BCUT2D eigenvalue weighted by atomic mass is 35.5. The first-order valence-corrected chi connectivity index (χ1v) is 8.55. The average molecular weight is 381 g/mol. The van der Waals surface area contributed by atoms with Crippen LogP contribution in [0.15, 0.2) is 54.6 Å². The number of para-hydroxylation sites is 1. The summed E-state index contributed by atoms with van der Waals surface area (Å²) in [7, 11) is 0. The summed E-state index contributed by atoms with van der Waals surface area (Å²) in [5, 5.41) is 4.04. The lowest BCUT2D eigenvalue weighted by Crippen LogP contribution is -2.48. The van der Waals surface area contributed by atoms with Crippen molar-refractivity contribution in [2.24, 2.45) is 0 Å². The van der Waals surface area contributed by atoms with Crippen LogP contribution in [0.3, 0.4) is 0 Å². The van der Waals surface area contributed by atoms with E-state index in [1.165, 1.54) is 0 Å². The maximum absolute atomic E-state index is 12.6. The zero-order valence-corrected chi connectivity index (χ0v) is 15.4. The minimum atomic E-state index is 0. The third-order valence-electron chi connectivity index (χ3n) is 4.13. The van der Waals surface area contributed by atoms with Gasteiger partial charge in [-0.05, 0) is 29.8 Å². The molecule has 0 bridgehead atoms. The number of hydrogen-bond acceptors (Lipinski definition) is 3. The Bertz CT molecular complexity index is 682. The number of carbonyl (C=O) groups excluding carboxylic acids is 1. The van der Waals surface area contributed by atoms with E-state index in [0.717, 1.165) is 24.4 Å². The van der Waals surface area contributed by atoms with Crippen LogP contribution in [0, 0.1) is 0 Å². The molecular weight excluding hydrogens is 359 g/mol. The Morgan fingerprint density at radius 2 is 2.00 bits per heavy atom. The van der Waals surface area contributed by atoms with E-state index >= 15 is 0 Å². The van der Waals surface area contributed by atoms with Crippen LogP contribution >= 0.6 is 24.0 Å². The molecule has 0 saturated carbocycles. The van der Waals surface area contributed by atoms with Gasteiger partial charge in [-0.2, -0.15) is 0 Å². The summed E-state index contributed by atoms with van der Waals surface area (Å²) in [6.45, 7) is 2.63. The first kappa shape index (κ1) is 19.6. The Morgan fingerprint density at radius 1 is 1.20 bits per heavy atom. The monoisotopic (exact) mass is 380 g/mol. The molecule has 1 saturated heterocycles. The van der Waals surface area contributed by atoms with Crippen LogP contribution in [-0.4, -0.2) is 37.0 Å². The fraction of sp³-hybridized carbons (Fsp3) is 0.316. The van der Waals surface area contributed by atoms with Crippen molar-refractivity contribution in [2.75, 3.05) is 26.2 Å². The van der Waals surface area contributed by atoms with Gasteiger partial charge in [-0.3, -0.25) is 4.79 Å². The summed E-state index contributed by atoms with van der Waals surface area (Å²) in [4.78, 5) is 14.6. The summed E-state index contributed by atoms with van der Waals surface area (Å²) >= 11 is 6.10. The van der Waals surface area contributed by atoms with Crippen LogP contribution < -0.4 is 10.1 Å². The molecule has 1 aliphatic rings. The molecule has 0 spiro atoms. The van der Waals surface area contributed by atoms with E-state index < -0.39 is 0 Å². The summed E-state index contributed by atoms with van der Waals surface area (Å²) < 4.78 is 5.64. The number of rotatable bonds is 5. The van der Waals surface area contributed by atoms with Gasteiger partial charge in [0, 0.05) is 24.7 Å². The van der Waals surface area contributed by atoms with Crippen molar-refractivity contribution in [3.05, 3.63) is 65.2 Å². The molecule has 1 N–H and O–H groups in total. The Hall–Kier alpha value is -1.75. The number of nitrogens with zero attached hydrogens (tertiary/aromatic N) is 1. The molecule has 1 unspecified atom stereocenters. The van der Waals surface area contributed by atoms with E-state index in [1.807, 2.05) is 59.5 Å². The van der Waals surface area contributed by atoms with Gasteiger partial charge in [-0.1, -0.05) is 41.9 Å². The van der Waals surface area contributed by atoms with Crippen molar-refractivity contribution in [3.8, 4) is 5.75 Å². The van der Waals surface area contributed by atoms with Crippen molar-refractivity contribution in [3.63, 3.8) is 0 Å². The quantitative estimate of drug-likeness (QED) is 0.859. The number of ether oxygens (including phenoxy) is 1. The molecule has 3 rings (SSSR count). The van der Waals surface area contributed by atoms with E-state index in [1.54, 1.807) is 0 Å². The van der Waals surface area contributed by atoms with Crippen molar-refractivity contribution in [2.45, 2.75) is 12.5 Å². The van der Waals surface area contributed by atoms with Crippen molar-refractivity contribution < 1.29 is 9.53 Å². The molecule has 6 heteroatoms. The molecule has 1 amide bonds. The Kier molecular flexibility index (Phi) is 7.56. The second-order valence-corrected chi connectivity index (χ2v) is 6.21. The van der Waals surface area contributed by atoms with Gasteiger partial charge >= 0.3 is 0 Å². The number of hydrogen-bond donors (Lipinski definition) is 1. The molecule has 134 valence electrons. The lowest BCUT2D eigenvalue weighted by Gasteiger charge is -2.36. The standard InChI is InChI=1S/C19H21ClN2O2.ClH/c20-16-6-4-5-15(13-16)18-14-21-10-11-22(18)19(23)9-12-24-17-7-2-1-3-8-17;/h1-8,13,18,21H,9-12,14H2;1H. The van der Waals surface area contributed by atoms with Crippen molar-refractivity contribution >= 4 is 29.9 Å². The van der Waals surface area contributed by atoms with Gasteiger partial charge in [-0.25, -0.2) is 0 Å². The molecular formula is C19H22Cl2N2O2. The number of nitrogens with one attached hydrogen (secondary N) is 1. The lowest BCUT2D eigenvalue weighted by molar-refractivity contribution is -0.135. The van der Waals surface area contributed by atoms with E-state index in [9.17, 15) is 4.79 Å². The Morgan fingerprint density at radius 3 is 2.76 bits per heavy atom. The molecule has 1 heterocycles. The SMILES string of the molecule is Cl.O=C(CCOc1ccccc1)N1CCNCC1c1cccc(Cl)c1. The molecule has 2 aromatic rings. The summed E-state index contributed by atoms with van der Waals surface area (Å²) in [5.41, 5.74) is 1.06. The molecule has 4 nitrogen and oxygen atoms in total. The van der Waals surface area contributed by atoms with Gasteiger partial charge in [-0.15, -0.1) is 12.4 Å². The number of amides is 1. The zero-order chi connectivity index (χ0) is 16.8. The molecule has 1 aliphatic heterocycles. The van der Waals surface area contributed by atoms with Gasteiger partial charge in [0.2, 0.25) is 5.91 Å². The van der Waals surface area contributed by atoms with E-state index in [0.29, 0.717) is 24.6 Å². The number of piperazine rings is 1. The van der Waals surface area contributed by atoms with Crippen LogP contribution in [0.2, 0.25) is 5.02 Å². The largest absolute Gasteiger partial charge is 0.493 e. The Balaban J connectivity index is 0.00000225. The number of halogens is 2. The van der Waals surface area contributed by atoms with Gasteiger partial charge in [0.05, 0.1) is 19.1 Å². The molecule has 0 aliphatic carbocycles. The number of carbonyl (C=O) groups is 1. The van der Waals surface area contributed by atoms with Crippen LogP contribution in [0.4, 0.5) is 0 Å². The van der Waals surface area contributed by atoms with Crippen LogP contribution in [0.1, 0.15) is 18.0 Å². The zero-order valence-electron chi connectivity index (χ0n) is 13.9. The van der Waals surface area contributed by atoms with Crippen molar-refractivity contribution in [1.29, 1.82) is 0 Å². The predicted molar refractivity (Wildman–Crippen MR) is 103 cm³/mol. The van der Waals surface area contributed by atoms with Gasteiger partial charge in [0.25, 0.3) is 0 Å². The highest BCUT2D eigenvalue weighted by Crippen LogP contribution is 2.25. The fourth-order valence-corrected chi connectivity index (χ4v) is 3.13. The van der Waals surface area contributed by atoms with Crippen molar-refractivity contribution in [1.82, 2.24) is 10.2 Å². The lowest BCUT2D eigenvalue weighted by atomic mass is 10.0. The van der Waals surface area contributed by atoms with Crippen LogP contribution in [0.25, 0.3) is 0 Å². The highest BCUT2D eigenvalue weighted by molar-refractivity contribution is 6.30. The van der Waals surface area contributed by atoms with E-state index in [4.69, 9.17) is 16.3 Å². The van der Waals surface area contributed by atoms with Crippen LogP contribution in [0.5, 0.6) is 5.75 Å². The highest BCUT2D eigenvalue weighted by Gasteiger charge is 2.27. The van der Waals surface area contributed by atoms with Gasteiger partial charge < -0.3 is 15.0 Å². The second-order valence-electron chi connectivity index (χ2n) is 5.77. The third kappa shape index (κ3) is 5.36. The average Bonchev–Trinajstić information content (AvgIpc) is 2.62. The molecule has 2 aromatic carbocycles. The minimum absolute atomic E-state index is 0. The minimum Gasteiger partial charge on any atom is -0.493 e. The molecule has 0 aromatic heterocycles. The smallest absolute Gasteiger partial charge is 0.226 e. The molecule has 1 atom stereocenters. The first-order chi connectivity index (χ1) is 11.7. The van der Waals surface area contributed by atoms with E-state index in [-0.39, 0.29) is 24.4 Å². The predicted octanol–water partition coefficient (Wildman–Crippen LogP) is 3.70. The topological polar surface area (TPSA) is 41.6 Å². The second kappa shape index (κ2) is 9.66. The maximum atomic E-state index is 12.6. The fourth-order valence-electron chi connectivity index (χ4n) is 2.93. The maximum Gasteiger partial charge on any atom is 0.226 e. The van der Waals surface area contributed by atoms with Crippen LogP contribution in [-0.2, 0) is 4.79 Å². The summed E-state index contributed by atoms with van der Waals surface area (Å²) in [6, 6.07) is 17.3. The molecule has 1 fully saturated rings. The molecule has 0 radical (unpaired) electrons. The summed E-state index contributed by atoms with van der Waals surface area (Å²) in [5.74, 6) is 0.898. The molecule has 25 heavy (non-hydrogen) atoms. The normalized spacial score (nSPS) is 16.8. The van der Waals surface area contributed by atoms with Gasteiger partial charge in [0.1, 0.15) is 5.75 Å². The third-order valence-corrected chi connectivity index (χ3v) is 4.36. The summed E-state index contributed by atoms with van der Waals surface area (Å²) in [6.07, 6.45) is 0.367. The van der Waals surface area contributed by atoms with E-state index in [2.05, 4.69) is 5.32 Å².